The number of halogens is 2. The number of piperazine rings is 1. The van der Waals surface area contributed by atoms with Gasteiger partial charge in [0.1, 0.15) is 11.6 Å². The molecular formula is C19H21F2N3OS. The van der Waals surface area contributed by atoms with Crippen LogP contribution >= 0.6 is 12.8 Å². The molecule has 1 atom stereocenters. The minimum absolute atomic E-state index is 0.0141. The molecule has 1 heterocycles. The Bertz CT molecular complexity index is 757. The predicted molar refractivity (Wildman–Crippen MR) is 101 cm³/mol. The van der Waals surface area contributed by atoms with Gasteiger partial charge in [-0.1, -0.05) is 12.8 Å². The highest BCUT2D eigenvalue weighted by Gasteiger charge is 2.25. The second-order valence-corrected chi connectivity index (χ2v) is 6.62. The Hall–Kier alpha value is -2.12. The number of nitrogens with zero attached hydrogens (tertiary/aromatic N) is 2. The summed E-state index contributed by atoms with van der Waals surface area (Å²) in [6.45, 7) is 4.39. The quantitative estimate of drug-likeness (QED) is 0.797. The van der Waals surface area contributed by atoms with Crippen LogP contribution in [0.5, 0.6) is 0 Å². The topological polar surface area (TPSA) is 35.6 Å². The Balaban J connectivity index is 1.61. The fourth-order valence-electron chi connectivity index (χ4n) is 3.21. The van der Waals surface area contributed by atoms with Crippen molar-refractivity contribution in [1.82, 2.24) is 9.80 Å². The Morgan fingerprint density at radius 2 is 1.62 bits per heavy atom. The van der Waals surface area contributed by atoms with Gasteiger partial charge in [0, 0.05) is 49.5 Å². The maximum Gasteiger partial charge on any atom is 0.253 e. The molecule has 1 aliphatic heterocycles. The standard InChI is InChI=1S/C19H21F2N3OS/c1-13(15-10-16(20)12-17(21)11-15)23-6-8-24(9-7-23)19(25)14-2-4-18(22-26)5-3-14/h2-5,10-13,22,26H,6-9H2,1H3. The molecule has 2 aromatic rings. The summed E-state index contributed by atoms with van der Waals surface area (Å²) < 4.78 is 29.6. The summed E-state index contributed by atoms with van der Waals surface area (Å²) in [5, 5.41) is 0. The zero-order valence-electron chi connectivity index (χ0n) is 14.5. The van der Waals surface area contributed by atoms with Crippen molar-refractivity contribution in [3.63, 3.8) is 0 Å². The Morgan fingerprint density at radius 1 is 1.04 bits per heavy atom. The van der Waals surface area contributed by atoms with Gasteiger partial charge >= 0.3 is 0 Å². The molecule has 0 bridgehead atoms. The van der Waals surface area contributed by atoms with Gasteiger partial charge < -0.3 is 9.62 Å². The number of hydrogen-bond acceptors (Lipinski definition) is 4. The van der Waals surface area contributed by atoms with Crippen LogP contribution in [0.25, 0.3) is 0 Å². The lowest BCUT2D eigenvalue weighted by molar-refractivity contribution is 0.0582. The van der Waals surface area contributed by atoms with E-state index < -0.39 is 11.6 Å². The lowest BCUT2D eigenvalue weighted by atomic mass is 10.1. The number of nitrogens with one attached hydrogen (secondary N) is 1. The van der Waals surface area contributed by atoms with Gasteiger partial charge in [0.25, 0.3) is 5.91 Å². The third-order valence-corrected chi connectivity index (χ3v) is 5.04. The fourth-order valence-corrected chi connectivity index (χ4v) is 3.36. The van der Waals surface area contributed by atoms with Crippen molar-refractivity contribution in [3.05, 3.63) is 65.2 Å². The summed E-state index contributed by atoms with van der Waals surface area (Å²) >= 11 is 3.97. The number of amides is 1. The second kappa shape index (κ2) is 8.05. The average Bonchev–Trinajstić information content (AvgIpc) is 2.66. The van der Waals surface area contributed by atoms with Gasteiger partial charge in [0.15, 0.2) is 0 Å². The van der Waals surface area contributed by atoms with E-state index in [0.29, 0.717) is 37.3 Å². The Kier molecular flexibility index (Phi) is 5.78. The highest BCUT2D eigenvalue weighted by atomic mass is 32.1. The van der Waals surface area contributed by atoms with E-state index in [1.807, 2.05) is 6.92 Å². The molecule has 1 aliphatic rings. The minimum atomic E-state index is -0.570. The third kappa shape index (κ3) is 4.16. The van der Waals surface area contributed by atoms with Crippen LogP contribution < -0.4 is 4.72 Å². The van der Waals surface area contributed by atoms with Crippen molar-refractivity contribution in [2.75, 3.05) is 30.9 Å². The van der Waals surface area contributed by atoms with Gasteiger partial charge in [-0.3, -0.25) is 9.69 Å². The van der Waals surface area contributed by atoms with Gasteiger partial charge in [-0.2, -0.15) is 0 Å². The molecule has 138 valence electrons. The number of thiol groups is 1. The van der Waals surface area contributed by atoms with Gasteiger partial charge in [-0.05, 0) is 48.9 Å². The summed E-state index contributed by atoms with van der Waals surface area (Å²) in [6, 6.07) is 10.6. The first-order chi connectivity index (χ1) is 12.5. The molecule has 7 heteroatoms. The van der Waals surface area contributed by atoms with Crippen molar-refractivity contribution in [3.8, 4) is 0 Å². The molecule has 4 nitrogen and oxygen atoms in total. The Morgan fingerprint density at radius 3 is 2.15 bits per heavy atom. The van der Waals surface area contributed by atoms with Crippen molar-refractivity contribution < 1.29 is 13.6 Å². The molecule has 1 N–H and O–H groups in total. The molecule has 0 spiro atoms. The van der Waals surface area contributed by atoms with E-state index >= 15 is 0 Å². The van der Waals surface area contributed by atoms with Crippen LogP contribution in [0.2, 0.25) is 0 Å². The summed E-state index contributed by atoms with van der Waals surface area (Å²) in [6.07, 6.45) is 0. The van der Waals surface area contributed by atoms with Crippen LogP contribution in [-0.4, -0.2) is 41.9 Å². The number of benzene rings is 2. The summed E-state index contributed by atoms with van der Waals surface area (Å²) in [4.78, 5) is 16.5. The summed E-state index contributed by atoms with van der Waals surface area (Å²) in [7, 11) is 0. The van der Waals surface area contributed by atoms with Crippen molar-refractivity contribution >= 4 is 24.4 Å². The largest absolute Gasteiger partial charge is 0.336 e. The number of rotatable bonds is 4. The smallest absolute Gasteiger partial charge is 0.253 e. The molecule has 2 aromatic carbocycles. The van der Waals surface area contributed by atoms with Crippen LogP contribution in [0.3, 0.4) is 0 Å². The average molecular weight is 377 g/mol. The number of carbonyl (C=O) groups is 1. The van der Waals surface area contributed by atoms with Crippen LogP contribution in [0.1, 0.15) is 28.9 Å². The molecule has 26 heavy (non-hydrogen) atoms. The number of carbonyl (C=O) groups excluding carboxylic acids is 1. The molecule has 1 unspecified atom stereocenters. The lowest BCUT2D eigenvalue weighted by Crippen LogP contribution is -2.49. The predicted octanol–water partition coefficient (Wildman–Crippen LogP) is 3.74. The summed E-state index contributed by atoms with van der Waals surface area (Å²) in [5.41, 5.74) is 2.06. The van der Waals surface area contributed by atoms with E-state index in [0.717, 1.165) is 11.8 Å². The van der Waals surface area contributed by atoms with E-state index in [9.17, 15) is 13.6 Å². The summed E-state index contributed by atoms with van der Waals surface area (Å²) in [5.74, 6) is -1.15. The first-order valence-electron chi connectivity index (χ1n) is 8.47. The number of hydrogen-bond donors (Lipinski definition) is 2. The van der Waals surface area contributed by atoms with Gasteiger partial charge in [-0.15, -0.1) is 0 Å². The highest BCUT2D eigenvalue weighted by Crippen LogP contribution is 2.24. The van der Waals surface area contributed by atoms with Gasteiger partial charge in [0.05, 0.1) is 0 Å². The second-order valence-electron chi connectivity index (χ2n) is 6.40. The molecule has 3 rings (SSSR count). The van der Waals surface area contributed by atoms with Gasteiger partial charge in [-0.25, -0.2) is 8.78 Å². The van der Waals surface area contributed by atoms with Crippen molar-refractivity contribution in [2.24, 2.45) is 0 Å². The van der Waals surface area contributed by atoms with Crippen LogP contribution in [-0.2, 0) is 0 Å². The Labute approximate surface area is 157 Å². The van der Waals surface area contributed by atoms with E-state index in [1.54, 1.807) is 29.2 Å². The molecule has 0 aromatic heterocycles. The SMILES string of the molecule is CC(c1cc(F)cc(F)c1)N1CCN(C(=O)c2ccc(NS)cc2)CC1. The minimum Gasteiger partial charge on any atom is -0.336 e. The molecule has 0 saturated carbocycles. The van der Waals surface area contributed by atoms with Crippen LogP contribution in [0.4, 0.5) is 14.5 Å². The van der Waals surface area contributed by atoms with Gasteiger partial charge in [0.2, 0.25) is 0 Å². The zero-order chi connectivity index (χ0) is 18.7. The van der Waals surface area contributed by atoms with Crippen LogP contribution in [0.15, 0.2) is 42.5 Å². The normalized spacial score (nSPS) is 16.4. The molecule has 1 saturated heterocycles. The lowest BCUT2D eigenvalue weighted by Gasteiger charge is -2.38. The van der Waals surface area contributed by atoms with E-state index in [2.05, 4.69) is 22.4 Å². The van der Waals surface area contributed by atoms with E-state index in [1.165, 1.54) is 12.1 Å². The van der Waals surface area contributed by atoms with Crippen molar-refractivity contribution in [2.45, 2.75) is 13.0 Å². The molecular weight excluding hydrogens is 356 g/mol. The molecule has 1 amide bonds. The van der Waals surface area contributed by atoms with Crippen LogP contribution in [0, 0.1) is 11.6 Å². The molecule has 0 aliphatic carbocycles. The monoisotopic (exact) mass is 377 g/mol. The zero-order valence-corrected chi connectivity index (χ0v) is 15.3. The fraction of sp³-hybridized carbons (Fsp3) is 0.316. The number of anilines is 1. The maximum atomic E-state index is 13.4. The maximum absolute atomic E-state index is 13.4. The molecule has 1 fully saturated rings. The third-order valence-electron chi connectivity index (χ3n) is 4.78. The molecule has 0 radical (unpaired) electrons. The van der Waals surface area contributed by atoms with Crippen molar-refractivity contribution in [1.29, 1.82) is 0 Å². The highest BCUT2D eigenvalue weighted by molar-refractivity contribution is 7.81. The first kappa shape index (κ1) is 18.7. The van der Waals surface area contributed by atoms with E-state index in [-0.39, 0.29) is 11.9 Å². The first-order valence-corrected chi connectivity index (χ1v) is 8.92. The van der Waals surface area contributed by atoms with E-state index in [4.69, 9.17) is 0 Å².